The van der Waals surface area contributed by atoms with Crippen LogP contribution in [0, 0.1) is 13.8 Å². The minimum atomic E-state index is 0.440. The molecule has 108 valence electrons. The van der Waals surface area contributed by atoms with E-state index in [1.165, 1.54) is 29.7 Å². The van der Waals surface area contributed by atoms with Crippen molar-refractivity contribution in [3.05, 3.63) is 34.9 Å². The van der Waals surface area contributed by atoms with Crippen LogP contribution in [0.5, 0.6) is 0 Å². The summed E-state index contributed by atoms with van der Waals surface area (Å²) in [7, 11) is 0. The normalized spacial score (nSPS) is 12.9. The highest BCUT2D eigenvalue weighted by atomic mass is 15.1. The summed E-state index contributed by atoms with van der Waals surface area (Å²) in [6, 6.07) is 7.25. The Labute approximate surface area is 119 Å². The van der Waals surface area contributed by atoms with Crippen LogP contribution in [0.4, 0.5) is 0 Å². The fourth-order valence-electron chi connectivity index (χ4n) is 2.54. The zero-order chi connectivity index (χ0) is 14.3. The van der Waals surface area contributed by atoms with Crippen molar-refractivity contribution >= 4 is 0 Å². The van der Waals surface area contributed by atoms with Crippen LogP contribution < -0.4 is 5.32 Å². The summed E-state index contributed by atoms with van der Waals surface area (Å²) in [6.45, 7) is 15.7. The van der Waals surface area contributed by atoms with Gasteiger partial charge in [-0.15, -0.1) is 0 Å². The molecular weight excluding hydrogens is 232 g/mol. The quantitative estimate of drug-likeness (QED) is 0.719. The maximum Gasteiger partial charge on any atom is 0.0291 e. The average molecular weight is 262 g/mol. The minimum Gasteiger partial charge on any atom is -0.310 e. The number of nitrogens with zero attached hydrogens (tertiary/aromatic N) is 1. The van der Waals surface area contributed by atoms with Crippen LogP contribution in [0.3, 0.4) is 0 Å². The fourth-order valence-corrected chi connectivity index (χ4v) is 2.54. The molecule has 0 saturated carbocycles. The largest absolute Gasteiger partial charge is 0.310 e. The molecule has 1 N–H and O–H groups in total. The highest BCUT2D eigenvalue weighted by Crippen LogP contribution is 2.16. The second kappa shape index (κ2) is 8.34. The van der Waals surface area contributed by atoms with E-state index in [0.29, 0.717) is 6.04 Å². The van der Waals surface area contributed by atoms with E-state index in [1.54, 1.807) is 0 Å². The van der Waals surface area contributed by atoms with E-state index in [0.717, 1.165) is 19.6 Å². The van der Waals surface area contributed by atoms with E-state index >= 15 is 0 Å². The molecule has 19 heavy (non-hydrogen) atoms. The summed E-state index contributed by atoms with van der Waals surface area (Å²) < 4.78 is 0. The lowest BCUT2D eigenvalue weighted by atomic mass is 10.0. The topological polar surface area (TPSA) is 15.3 Å². The van der Waals surface area contributed by atoms with E-state index in [9.17, 15) is 0 Å². The summed E-state index contributed by atoms with van der Waals surface area (Å²) in [4.78, 5) is 2.48. The van der Waals surface area contributed by atoms with Gasteiger partial charge in [-0.2, -0.15) is 0 Å². The lowest BCUT2D eigenvalue weighted by Crippen LogP contribution is -2.28. The van der Waals surface area contributed by atoms with Gasteiger partial charge in [0.2, 0.25) is 0 Å². The van der Waals surface area contributed by atoms with E-state index in [2.05, 4.69) is 63.0 Å². The minimum absolute atomic E-state index is 0.440. The molecule has 1 rings (SSSR count). The second-order valence-corrected chi connectivity index (χ2v) is 5.48. The van der Waals surface area contributed by atoms with Crippen molar-refractivity contribution in [1.82, 2.24) is 10.2 Å². The number of benzene rings is 1. The molecule has 1 aromatic carbocycles. The highest BCUT2D eigenvalue weighted by molar-refractivity contribution is 5.30. The molecule has 2 nitrogen and oxygen atoms in total. The van der Waals surface area contributed by atoms with Crippen molar-refractivity contribution in [1.29, 1.82) is 0 Å². The van der Waals surface area contributed by atoms with Gasteiger partial charge in [0.15, 0.2) is 0 Å². The van der Waals surface area contributed by atoms with Crippen LogP contribution in [0.2, 0.25) is 0 Å². The van der Waals surface area contributed by atoms with Crippen LogP contribution in [0.15, 0.2) is 18.2 Å². The Hall–Kier alpha value is -0.860. The molecule has 1 aromatic rings. The van der Waals surface area contributed by atoms with E-state index in [1.807, 2.05) is 0 Å². The van der Waals surface area contributed by atoms with Gasteiger partial charge in [0, 0.05) is 6.04 Å². The monoisotopic (exact) mass is 262 g/mol. The van der Waals surface area contributed by atoms with Crippen LogP contribution >= 0.6 is 0 Å². The van der Waals surface area contributed by atoms with Gasteiger partial charge in [-0.1, -0.05) is 43.2 Å². The van der Waals surface area contributed by atoms with Crippen LogP contribution in [-0.2, 0) is 0 Å². The number of rotatable bonds is 8. The number of aryl methyl sites for hydroxylation is 2. The zero-order valence-corrected chi connectivity index (χ0v) is 13.3. The van der Waals surface area contributed by atoms with Gasteiger partial charge >= 0.3 is 0 Å². The van der Waals surface area contributed by atoms with Crippen molar-refractivity contribution in [2.45, 2.75) is 47.1 Å². The number of hydrogen-bond acceptors (Lipinski definition) is 2. The second-order valence-electron chi connectivity index (χ2n) is 5.48. The van der Waals surface area contributed by atoms with Crippen molar-refractivity contribution in [3.63, 3.8) is 0 Å². The predicted octanol–water partition coefficient (Wildman–Crippen LogP) is 3.69. The van der Waals surface area contributed by atoms with Gasteiger partial charge in [0.25, 0.3) is 0 Å². The maximum absolute atomic E-state index is 3.63. The van der Waals surface area contributed by atoms with Gasteiger partial charge in [0.1, 0.15) is 0 Å². The Morgan fingerprint density at radius 2 is 1.63 bits per heavy atom. The molecule has 2 heteroatoms. The van der Waals surface area contributed by atoms with Crippen molar-refractivity contribution < 1.29 is 0 Å². The Morgan fingerprint density at radius 3 is 2.16 bits per heavy atom. The molecule has 0 aromatic heterocycles. The fraction of sp³-hybridized carbons (Fsp3) is 0.647. The predicted molar refractivity (Wildman–Crippen MR) is 84.7 cm³/mol. The van der Waals surface area contributed by atoms with Gasteiger partial charge in [-0.25, -0.2) is 0 Å². The first-order valence-corrected chi connectivity index (χ1v) is 7.60. The summed E-state index contributed by atoms with van der Waals surface area (Å²) >= 11 is 0. The number of nitrogens with one attached hydrogen (secondary N) is 1. The average Bonchev–Trinajstić information content (AvgIpc) is 2.37. The van der Waals surface area contributed by atoms with Gasteiger partial charge in [-0.3, -0.25) is 0 Å². The highest BCUT2D eigenvalue weighted by Gasteiger charge is 2.06. The van der Waals surface area contributed by atoms with Crippen molar-refractivity contribution in [3.8, 4) is 0 Å². The third-order valence-electron chi connectivity index (χ3n) is 3.74. The third-order valence-corrected chi connectivity index (χ3v) is 3.74. The van der Waals surface area contributed by atoms with Gasteiger partial charge < -0.3 is 10.2 Å². The first-order valence-electron chi connectivity index (χ1n) is 7.60. The molecule has 0 heterocycles. The third kappa shape index (κ3) is 5.75. The first kappa shape index (κ1) is 16.2. The summed E-state index contributed by atoms with van der Waals surface area (Å²) in [6.07, 6.45) is 1.22. The molecule has 0 aliphatic rings. The lowest BCUT2D eigenvalue weighted by molar-refractivity contribution is 0.296. The van der Waals surface area contributed by atoms with E-state index < -0.39 is 0 Å². The molecule has 0 aliphatic heterocycles. The van der Waals surface area contributed by atoms with Crippen molar-refractivity contribution in [2.75, 3.05) is 26.2 Å². The Kier molecular flexibility index (Phi) is 7.11. The van der Waals surface area contributed by atoms with E-state index in [4.69, 9.17) is 0 Å². The molecule has 0 bridgehead atoms. The maximum atomic E-state index is 3.63. The smallest absolute Gasteiger partial charge is 0.0291 e. The molecule has 0 aliphatic carbocycles. The standard InChI is InChI=1S/C17H30N2/c1-6-19(7-2)10-8-9-18-16(5)17-12-14(3)11-15(4)13-17/h11-13,16,18H,6-10H2,1-5H3. The first-order chi connectivity index (χ1) is 9.06. The van der Waals surface area contributed by atoms with Crippen LogP contribution in [0.25, 0.3) is 0 Å². The number of hydrogen-bond donors (Lipinski definition) is 1. The summed E-state index contributed by atoms with van der Waals surface area (Å²) in [5, 5.41) is 3.63. The molecule has 1 unspecified atom stereocenters. The summed E-state index contributed by atoms with van der Waals surface area (Å²) in [5.74, 6) is 0. The van der Waals surface area contributed by atoms with Crippen molar-refractivity contribution in [2.24, 2.45) is 0 Å². The van der Waals surface area contributed by atoms with Gasteiger partial charge in [0.05, 0.1) is 0 Å². The van der Waals surface area contributed by atoms with E-state index in [-0.39, 0.29) is 0 Å². The molecule has 0 fully saturated rings. The Bertz CT molecular complexity index is 349. The Balaban J connectivity index is 2.36. The molecular formula is C17H30N2. The molecule has 0 saturated heterocycles. The van der Waals surface area contributed by atoms with Crippen LogP contribution in [0.1, 0.15) is 49.9 Å². The summed E-state index contributed by atoms with van der Waals surface area (Å²) in [5.41, 5.74) is 4.11. The molecule has 0 spiro atoms. The molecule has 0 radical (unpaired) electrons. The molecule has 0 amide bonds. The zero-order valence-electron chi connectivity index (χ0n) is 13.3. The lowest BCUT2D eigenvalue weighted by Gasteiger charge is -2.19. The van der Waals surface area contributed by atoms with Gasteiger partial charge in [-0.05, 0) is 58.9 Å². The SMILES string of the molecule is CCN(CC)CCCNC(C)c1cc(C)cc(C)c1. The van der Waals surface area contributed by atoms with Crippen LogP contribution in [-0.4, -0.2) is 31.1 Å². The Morgan fingerprint density at radius 1 is 1.05 bits per heavy atom. The molecule has 1 atom stereocenters.